The molecule has 74 valence electrons. The van der Waals surface area contributed by atoms with Crippen molar-refractivity contribution in [3.05, 3.63) is 0 Å². The van der Waals surface area contributed by atoms with Gasteiger partial charge in [0.2, 0.25) is 5.91 Å². The van der Waals surface area contributed by atoms with Crippen LogP contribution in [0.25, 0.3) is 0 Å². The predicted octanol–water partition coefficient (Wildman–Crippen LogP) is -0.859. The Morgan fingerprint density at radius 3 is 2.62 bits per heavy atom. The number of aliphatic hydroxyl groups is 1. The van der Waals surface area contributed by atoms with Gasteiger partial charge in [-0.2, -0.15) is 0 Å². The van der Waals surface area contributed by atoms with Crippen LogP contribution in [0.3, 0.4) is 0 Å². The Morgan fingerprint density at radius 1 is 1.54 bits per heavy atom. The minimum absolute atomic E-state index is 0.216. The van der Waals surface area contributed by atoms with Crippen LogP contribution >= 0.6 is 0 Å². The molecule has 0 aromatic carbocycles. The van der Waals surface area contributed by atoms with Gasteiger partial charge < -0.3 is 14.7 Å². The van der Waals surface area contributed by atoms with E-state index in [-0.39, 0.29) is 18.9 Å². The molecular weight excluding hydrogens is 174 g/mol. The summed E-state index contributed by atoms with van der Waals surface area (Å²) in [5.41, 5.74) is 0. The van der Waals surface area contributed by atoms with Gasteiger partial charge in [-0.05, 0) is 0 Å². The van der Waals surface area contributed by atoms with Crippen LogP contribution in [0.2, 0.25) is 0 Å². The summed E-state index contributed by atoms with van der Waals surface area (Å²) < 4.78 is 4.52. The van der Waals surface area contributed by atoms with Gasteiger partial charge in [0.1, 0.15) is 6.04 Å². The summed E-state index contributed by atoms with van der Waals surface area (Å²) in [6, 6.07) is -0.613. The minimum Gasteiger partial charge on any atom is -0.467 e. The van der Waals surface area contributed by atoms with Crippen LogP contribution in [0.1, 0.15) is 13.3 Å². The molecule has 13 heavy (non-hydrogen) atoms. The normalized spacial score (nSPS) is 27.5. The van der Waals surface area contributed by atoms with Crippen molar-refractivity contribution in [1.29, 1.82) is 0 Å². The van der Waals surface area contributed by atoms with Gasteiger partial charge in [-0.25, -0.2) is 4.79 Å². The number of likely N-dealkylation sites (tertiary alicyclic amines) is 1. The standard InChI is InChI=1S/C8H13NO4/c1-5(10)9-4-6(11)3-7(9)8(12)13-2/h6-7,11H,3-4H2,1-2H3/t6-,7?/m1/s1. The lowest BCUT2D eigenvalue weighted by Crippen LogP contribution is -2.39. The largest absolute Gasteiger partial charge is 0.467 e. The summed E-state index contributed by atoms with van der Waals surface area (Å²) >= 11 is 0. The Kier molecular flexibility index (Phi) is 2.87. The number of amides is 1. The molecule has 0 radical (unpaired) electrons. The molecular formula is C8H13NO4. The highest BCUT2D eigenvalue weighted by Crippen LogP contribution is 2.18. The first-order valence-corrected chi connectivity index (χ1v) is 4.09. The number of ether oxygens (including phenoxy) is 1. The van der Waals surface area contributed by atoms with Crippen molar-refractivity contribution in [2.24, 2.45) is 0 Å². The van der Waals surface area contributed by atoms with Crippen molar-refractivity contribution >= 4 is 11.9 Å². The third-order valence-electron chi connectivity index (χ3n) is 2.16. The van der Waals surface area contributed by atoms with E-state index in [1.165, 1.54) is 18.9 Å². The third-order valence-corrected chi connectivity index (χ3v) is 2.16. The number of hydrogen-bond acceptors (Lipinski definition) is 4. The van der Waals surface area contributed by atoms with Crippen molar-refractivity contribution in [1.82, 2.24) is 4.90 Å². The smallest absolute Gasteiger partial charge is 0.328 e. The first-order chi connectivity index (χ1) is 6.06. The van der Waals surface area contributed by atoms with Gasteiger partial charge in [-0.15, -0.1) is 0 Å². The van der Waals surface area contributed by atoms with E-state index < -0.39 is 18.1 Å². The van der Waals surface area contributed by atoms with Crippen molar-refractivity contribution in [3.63, 3.8) is 0 Å². The fourth-order valence-electron chi connectivity index (χ4n) is 1.52. The Labute approximate surface area is 76.3 Å². The molecule has 0 aliphatic carbocycles. The molecule has 1 heterocycles. The van der Waals surface area contributed by atoms with Crippen molar-refractivity contribution in [3.8, 4) is 0 Å². The number of methoxy groups -OCH3 is 1. The predicted molar refractivity (Wildman–Crippen MR) is 43.8 cm³/mol. The Morgan fingerprint density at radius 2 is 2.15 bits per heavy atom. The minimum atomic E-state index is -0.618. The number of hydrogen-bond donors (Lipinski definition) is 1. The molecule has 0 aromatic heterocycles. The second kappa shape index (κ2) is 3.74. The van der Waals surface area contributed by atoms with Crippen LogP contribution in [0.5, 0.6) is 0 Å². The first-order valence-electron chi connectivity index (χ1n) is 4.09. The maximum Gasteiger partial charge on any atom is 0.328 e. The van der Waals surface area contributed by atoms with E-state index in [9.17, 15) is 14.7 Å². The van der Waals surface area contributed by atoms with E-state index in [1.54, 1.807) is 0 Å². The van der Waals surface area contributed by atoms with Gasteiger partial charge in [0, 0.05) is 19.9 Å². The van der Waals surface area contributed by atoms with Crippen molar-refractivity contribution < 1.29 is 19.4 Å². The quantitative estimate of drug-likeness (QED) is 0.542. The maximum absolute atomic E-state index is 11.1. The Balaban J connectivity index is 2.71. The van der Waals surface area contributed by atoms with Crippen LogP contribution < -0.4 is 0 Å². The fourth-order valence-corrected chi connectivity index (χ4v) is 1.52. The summed E-state index contributed by atoms with van der Waals surface area (Å²) in [4.78, 5) is 23.5. The van der Waals surface area contributed by atoms with Crippen LogP contribution in [0, 0.1) is 0 Å². The molecule has 2 atom stereocenters. The monoisotopic (exact) mass is 187 g/mol. The molecule has 0 saturated carbocycles. The van der Waals surface area contributed by atoms with Gasteiger partial charge in [0.05, 0.1) is 13.2 Å². The number of esters is 1. The highest BCUT2D eigenvalue weighted by molar-refractivity contribution is 5.84. The number of rotatable bonds is 1. The number of carbonyl (C=O) groups excluding carboxylic acids is 2. The Hall–Kier alpha value is -1.10. The molecule has 0 bridgehead atoms. The summed E-state index contributed by atoms with van der Waals surface area (Å²) in [5, 5.41) is 9.26. The van der Waals surface area contributed by atoms with Gasteiger partial charge in [-0.1, -0.05) is 0 Å². The van der Waals surface area contributed by atoms with Gasteiger partial charge in [0.15, 0.2) is 0 Å². The SMILES string of the molecule is COC(=O)C1C[C@@H](O)CN1C(C)=O. The third kappa shape index (κ3) is 1.98. The molecule has 1 amide bonds. The summed E-state index contributed by atoms with van der Waals surface area (Å²) in [6.45, 7) is 1.59. The number of aliphatic hydroxyl groups excluding tert-OH is 1. The highest BCUT2D eigenvalue weighted by atomic mass is 16.5. The zero-order valence-corrected chi connectivity index (χ0v) is 7.69. The molecule has 5 nitrogen and oxygen atoms in total. The average Bonchev–Trinajstić information content (AvgIpc) is 2.46. The molecule has 1 fully saturated rings. The van der Waals surface area contributed by atoms with Crippen LogP contribution in [-0.4, -0.2) is 47.7 Å². The van der Waals surface area contributed by atoms with Crippen molar-refractivity contribution in [2.45, 2.75) is 25.5 Å². The van der Waals surface area contributed by atoms with Gasteiger partial charge in [0.25, 0.3) is 0 Å². The second-order valence-electron chi connectivity index (χ2n) is 3.10. The molecule has 5 heteroatoms. The molecule has 0 spiro atoms. The number of nitrogens with zero attached hydrogens (tertiary/aromatic N) is 1. The molecule has 1 aliphatic rings. The maximum atomic E-state index is 11.1. The second-order valence-corrected chi connectivity index (χ2v) is 3.10. The van der Waals surface area contributed by atoms with Crippen LogP contribution in [0.4, 0.5) is 0 Å². The van der Waals surface area contributed by atoms with E-state index in [0.29, 0.717) is 0 Å². The van der Waals surface area contributed by atoms with E-state index in [2.05, 4.69) is 4.74 Å². The molecule has 1 N–H and O–H groups in total. The van der Waals surface area contributed by atoms with Gasteiger partial charge in [-0.3, -0.25) is 4.79 Å². The lowest BCUT2D eigenvalue weighted by Gasteiger charge is -2.20. The zero-order valence-electron chi connectivity index (χ0n) is 7.69. The lowest BCUT2D eigenvalue weighted by molar-refractivity contribution is -0.150. The van der Waals surface area contributed by atoms with Crippen LogP contribution in [0.15, 0.2) is 0 Å². The summed E-state index contributed by atoms with van der Waals surface area (Å²) in [5.74, 6) is -0.682. The first kappa shape index (κ1) is 9.98. The average molecular weight is 187 g/mol. The molecule has 1 aliphatic heterocycles. The van der Waals surface area contributed by atoms with E-state index in [4.69, 9.17) is 0 Å². The summed E-state index contributed by atoms with van der Waals surface area (Å²) in [6.07, 6.45) is -0.347. The van der Waals surface area contributed by atoms with Crippen molar-refractivity contribution in [2.75, 3.05) is 13.7 Å². The fraction of sp³-hybridized carbons (Fsp3) is 0.750. The molecule has 1 saturated heterocycles. The number of β-amino-alcohol motifs (C(OH)–C–C–N with tert-alkyl or cyclic N) is 1. The zero-order chi connectivity index (χ0) is 10.0. The van der Waals surface area contributed by atoms with E-state index in [1.807, 2.05) is 0 Å². The van der Waals surface area contributed by atoms with Gasteiger partial charge >= 0.3 is 5.97 Å². The number of carbonyl (C=O) groups is 2. The molecule has 1 unspecified atom stereocenters. The molecule has 1 rings (SSSR count). The topological polar surface area (TPSA) is 66.8 Å². The molecule has 0 aromatic rings. The van der Waals surface area contributed by atoms with Crippen LogP contribution in [-0.2, 0) is 14.3 Å². The lowest BCUT2D eigenvalue weighted by atomic mass is 10.2. The summed E-state index contributed by atoms with van der Waals surface area (Å²) in [7, 11) is 1.27. The highest BCUT2D eigenvalue weighted by Gasteiger charge is 2.37. The Bertz CT molecular complexity index is 228. The van der Waals surface area contributed by atoms with E-state index in [0.717, 1.165) is 0 Å². The van der Waals surface area contributed by atoms with E-state index >= 15 is 0 Å².